The highest BCUT2D eigenvalue weighted by Gasteiger charge is 2.44. The van der Waals surface area contributed by atoms with Crippen LogP contribution in [0.4, 0.5) is 4.39 Å². The molecule has 4 rings (SSSR count). The number of piperidine rings is 1. The topological polar surface area (TPSA) is 78.8 Å². The Morgan fingerprint density at radius 3 is 2.41 bits per heavy atom. The van der Waals surface area contributed by atoms with Gasteiger partial charge >= 0.3 is 0 Å². The number of hydrogen-bond acceptors (Lipinski definition) is 4. The van der Waals surface area contributed by atoms with E-state index in [1.165, 1.54) is 22.5 Å². The highest BCUT2D eigenvalue weighted by atomic mass is 32.2. The third-order valence-corrected chi connectivity index (χ3v) is 7.60. The number of aryl methyl sites for hydroxylation is 2. The summed E-state index contributed by atoms with van der Waals surface area (Å²) in [5.41, 5.74) is 2.52. The Kier molecular flexibility index (Phi) is 4.78. The molecule has 0 saturated carbocycles. The van der Waals surface area contributed by atoms with E-state index in [1.807, 2.05) is 32.0 Å². The molecule has 8 heteroatoms. The first-order valence-electron chi connectivity index (χ1n) is 9.47. The van der Waals surface area contributed by atoms with Gasteiger partial charge in [0.15, 0.2) is 0 Å². The maximum Gasteiger partial charge on any atom is 0.272 e. The van der Waals surface area contributed by atoms with Crippen LogP contribution in [0.2, 0.25) is 0 Å². The summed E-state index contributed by atoms with van der Waals surface area (Å²) in [4.78, 5) is 16.9. The van der Waals surface area contributed by atoms with Crippen LogP contribution in [-0.2, 0) is 14.8 Å². The van der Waals surface area contributed by atoms with Crippen molar-refractivity contribution < 1.29 is 17.6 Å². The number of carbonyl (C=O) groups excluding carboxylic acids is 1. The zero-order chi connectivity index (χ0) is 20.8. The third kappa shape index (κ3) is 3.47. The first kappa shape index (κ1) is 19.7. The molecule has 0 aliphatic carbocycles. The van der Waals surface area contributed by atoms with Gasteiger partial charge in [-0.05, 0) is 43.2 Å². The SMILES string of the molecule is Cc1ccc(C2=NC3(CCN(S(=O)(=O)c4ccccc4F)CC3)NC2=O)cc1C. The van der Waals surface area contributed by atoms with Crippen LogP contribution in [0, 0.1) is 19.7 Å². The van der Waals surface area contributed by atoms with E-state index < -0.39 is 21.5 Å². The average Bonchev–Trinajstić information content (AvgIpc) is 3.00. The van der Waals surface area contributed by atoms with Crippen molar-refractivity contribution in [2.24, 2.45) is 4.99 Å². The summed E-state index contributed by atoms with van der Waals surface area (Å²) in [7, 11) is -3.93. The molecular formula is C21H22FN3O3S. The van der Waals surface area contributed by atoms with Crippen molar-refractivity contribution >= 4 is 21.6 Å². The van der Waals surface area contributed by atoms with Crippen molar-refractivity contribution in [1.29, 1.82) is 0 Å². The fourth-order valence-electron chi connectivity index (χ4n) is 3.77. The molecule has 29 heavy (non-hydrogen) atoms. The molecule has 1 N–H and O–H groups in total. The number of amides is 1. The summed E-state index contributed by atoms with van der Waals surface area (Å²) in [5.74, 6) is -1.02. The van der Waals surface area contributed by atoms with Crippen molar-refractivity contribution in [1.82, 2.24) is 9.62 Å². The summed E-state index contributed by atoms with van der Waals surface area (Å²) in [6.07, 6.45) is 0.668. The number of nitrogens with one attached hydrogen (secondary N) is 1. The van der Waals surface area contributed by atoms with Crippen LogP contribution in [0.1, 0.15) is 29.5 Å². The van der Waals surface area contributed by atoms with Gasteiger partial charge in [0.2, 0.25) is 10.0 Å². The van der Waals surface area contributed by atoms with Crippen molar-refractivity contribution in [2.75, 3.05) is 13.1 Å². The number of rotatable bonds is 3. The molecule has 0 bridgehead atoms. The number of hydrogen-bond donors (Lipinski definition) is 1. The molecule has 1 amide bonds. The van der Waals surface area contributed by atoms with Crippen LogP contribution in [-0.4, -0.2) is 43.1 Å². The van der Waals surface area contributed by atoms with E-state index in [-0.39, 0.29) is 23.9 Å². The molecular weight excluding hydrogens is 393 g/mol. The Bertz CT molecular complexity index is 1120. The second-order valence-electron chi connectivity index (χ2n) is 7.58. The van der Waals surface area contributed by atoms with Gasteiger partial charge in [-0.3, -0.25) is 9.79 Å². The second-order valence-corrected chi connectivity index (χ2v) is 9.49. The molecule has 152 valence electrons. The van der Waals surface area contributed by atoms with Gasteiger partial charge in [-0.15, -0.1) is 0 Å². The molecule has 2 aromatic rings. The van der Waals surface area contributed by atoms with Gasteiger partial charge in [0.1, 0.15) is 22.1 Å². The van der Waals surface area contributed by atoms with E-state index in [2.05, 4.69) is 10.3 Å². The van der Waals surface area contributed by atoms with Gasteiger partial charge in [0, 0.05) is 31.5 Å². The second kappa shape index (κ2) is 7.03. The van der Waals surface area contributed by atoms with Crippen molar-refractivity contribution in [2.45, 2.75) is 37.2 Å². The maximum atomic E-state index is 14.0. The van der Waals surface area contributed by atoms with Gasteiger partial charge in [-0.2, -0.15) is 4.31 Å². The molecule has 2 heterocycles. The minimum Gasteiger partial charge on any atom is -0.326 e. The van der Waals surface area contributed by atoms with Crippen LogP contribution >= 0.6 is 0 Å². The van der Waals surface area contributed by atoms with E-state index in [9.17, 15) is 17.6 Å². The lowest BCUT2D eigenvalue weighted by Crippen LogP contribution is -2.52. The summed E-state index contributed by atoms with van der Waals surface area (Å²) in [5, 5.41) is 2.94. The smallest absolute Gasteiger partial charge is 0.272 e. The number of sulfonamides is 1. The van der Waals surface area contributed by atoms with Crippen molar-refractivity contribution in [3.8, 4) is 0 Å². The first-order valence-corrected chi connectivity index (χ1v) is 10.9. The number of nitrogens with zero attached hydrogens (tertiary/aromatic N) is 2. The third-order valence-electron chi connectivity index (χ3n) is 5.67. The number of aliphatic imine (C=N–C) groups is 1. The Balaban J connectivity index is 1.56. The highest BCUT2D eigenvalue weighted by Crippen LogP contribution is 2.32. The van der Waals surface area contributed by atoms with Gasteiger partial charge in [-0.1, -0.05) is 24.3 Å². The Hall–Kier alpha value is -2.58. The van der Waals surface area contributed by atoms with Gasteiger partial charge in [0.25, 0.3) is 5.91 Å². The summed E-state index contributed by atoms with van der Waals surface area (Å²) >= 11 is 0. The molecule has 1 fully saturated rings. The van der Waals surface area contributed by atoms with Crippen LogP contribution in [0.3, 0.4) is 0 Å². The van der Waals surface area contributed by atoms with E-state index in [1.54, 1.807) is 0 Å². The van der Waals surface area contributed by atoms with Crippen LogP contribution in [0.25, 0.3) is 0 Å². The fourth-order valence-corrected chi connectivity index (χ4v) is 5.28. The van der Waals surface area contributed by atoms with Gasteiger partial charge < -0.3 is 5.32 Å². The largest absolute Gasteiger partial charge is 0.326 e. The molecule has 1 spiro atoms. The Morgan fingerprint density at radius 2 is 1.76 bits per heavy atom. The molecule has 2 aromatic carbocycles. The molecule has 2 aliphatic heterocycles. The standard InChI is InChI=1S/C21H22FN3O3S/c1-14-7-8-16(13-15(14)2)19-20(26)24-21(23-19)9-11-25(12-10-21)29(27,28)18-6-4-3-5-17(18)22/h3-8,13H,9-12H2,1-2H3,(H,24,26). The van der Waals surface area contributed by atoms with Crippen molar-refractivity contribution in [3.05, 3.63) is 65.0 Å². The normalized spacial score (nSPS) is 19.3. The fraction of sp³-hybridized carbons (Fsp3) is 0.333. The van der Waals surface area contributed by atoms with Crippen LogP contribution < -0.4 is 5.32 Å². The molecule has 0 unspecified atom stereocenters. The molecule has 2 aliphatic rings. The zero-order valence-electron chi connectivity index (χ0n) is 16.3. The predicted molar refractivity (Wildman–Crippen MR) is 108 cm³/mol. The summed E-state index contributed by atoms with van der Waals surface area (Å²) in [6, 6.07) is 11.1. The Labute approximate surface area is 169 Å². The Morgan fingerprint density at radius 1 is 1.07 bits per heavy atom. The minimum atomic E-state index is -3.93. The number of halogens is 1. The van der Waals surface area contributed by atoms with Crippen LogP contribution in [0.15, 0.2) is 52.4 Å². The zero-order valence-corrected chi connectivity index (χ0v) is 17.1. The number of benzene rings is 2. The summed E-state index contributed by atoms with van der Waals surface area (Å²) in [6.45, 7) is 4.29. The first-order chi connectivity index (χ1) is 13.7. The van der Waals surface area contributed by atoms with E-state index in [0.29, 0.717) is 18.6 Å². The monoisotopic (exact) mass is 415 g/mol. The van der Waals surface area contributed by atoms with Gasteiger partial charge in [-0.25, -0.2) is 12.8 Å². The number of carbonyl (C=O) groups is 1. The summed E-state index contributed by atoms with van der Waals surface area (Å²) < 4.78 is 40.8. The predicted octanol–water partition coefficient (Wildman–Crippen LogP) is 2.54. The van der Waals surface area contributed by atoms with E-state index in [4.69, 9.17) is 0 Å². The van der Waals surface area contributed by atoms with E-state index >= 15 is 0 Å². The highest BCUT2D eigenvalue weighted by molar-refractivity contribution is 7.89. The molecule has 0 radical (unpaired) electrons. The molecule has 1 saturated heterocycles. The quantitative estimate of drug-likeness (QED) is 0.837. The van der Waals surface area contributed by atoms with Gasteiger partial charge in [0.05, 0.1) is 0 Å². The van der Waals surface area contributed by atoms with E-state index in [0.717, 1.165) is 22.8 Å². The van der Waals surface area contributed by atoms with Crippen LogP contribution in [0.5, 0.6) is 0 Å². The lowest BCUT2D eigenvalue weighted by molar-refractivity contribution is -0.115. The maximum absolute atomic E-state index is 14.0. The molecule has 0 atom stereocenters. The average molecular weight is 415 g/mol. The molecule has 6 nitrogen and oxygen atoms in total. The lowest BCUT2D eigenvalue weighted by atomic mass is 10.00. The molecule has 0 aromatic heterocycles. The van der Waals surface area contributed by atoms with Crippen molar-refractivity contribution in [3.63, 3.8) is 0 Å². The lowest BCUT2D eigenvalue weighted by Gasteiger charge is -2.36. The minimum absolute atomic E-state index is 0.153.